The molecule has 0 aliphatic carbocycles. The summed E-state index contributed by atoms with van der Waals surface area (Å²) < 4.78 is 13.2. The van der Waals surface area contributed by atoms with Crippen LogP contribution >= 0.6 is 0 Å². The first-order valence-corrected chi connectivity index (χ1v) is 12.9. The van der Waals surface area contributed by atoms with E-state index in [9.17, 15) is 14.0 Å². The summed E-state index contributed by atoms with van der Waals surface area (Å²) in [5, 5.41) is 2.88. The first-order chi connectivity index (χ1) is 17.6. The van der Waals surface area contributed by atoms with Crippen molar-refractivity contribution in [3.63, 3.8) is 0 Å². The van der Waals surface area contributed by atoms with E-state index in [-0.39, 0.29) is 17.6 Å². The number of hydrogen-bond donors (Lipinski definition) is 1. The molecular weight excluding hydrogens is 453 g/mol. The van der Waals surface area contributed by atoms with Gasteiger partial charge < -0.3 is 15.1 Å². The van der Waals surface area contributed by atoms with Crippen LogP contribution in [0.4, 0.5) is 15.8 Å². The average Bonchev–Trinajstić information content (AvgIpc) is 3.45. The lowest BCUT2D eigenvalue weighted by Crippen LogP contribution is -2.36. The maximum Gasteiger partial charge on any atom is 0.256 e. The van der Waals surface area contributed by atoms with Gasteiger partial charge in [0, 0.05) is 43.1 Å². The van der Waals surface area contributed by atoms with Gasteiger partial charge in [-0.1, -0.05) is 30.3 Å². The van der Waals surface area contributed by atoms with Gasteiger partial charge in [-0.2, -0.15) is 0 Å². The molecule has 3 aromatic rings. The average molecular weight is 486 g/mol. The Labute approximate surface area is 211 Å². The number of nitrogens with zero attached hydrogens (tertiary/aromatic N) is 2. The topological polar surface area (TPSA) is 52.7 Å². The normalized spacial score (nSPS) is 16.2. The minimum Gasteiger partial charge on any atom is -0.371 e. The lowest BCUT2D eigenvalue weighted by atomic mass is 9.89. The fraction of sp³-hybridized carbons (Fsp3) is 0.333. The molecule has 0 saturated carbocycles. The van der Waals surface area contributed by atoms with Crippen molar-refractivity contribution in [2.75, 3.05) is 36.4 Å². The van der Waals surface area contributed by atoms with Gasteiger partial charge in [0.2, 0.25) is 0 Å². The first kappa shape index (κ1) is 24.0. The van der Waals surface area contributed by atoms with Gasteiger partial charge in [0.15, 0.2) is 0 Å². The SMILES string of the molecule is O=C(Nc1ccc(N2CCC(Cc3ccccc3)CC2)c(C(=O)N2CCCC2)c1)c1ccc(F)cc1. The fourth-order valence-electron chi connectivity index (χ4n) is 5.28. The number of anilines is 2. The van der Waals surface area contributed by atoms with Crippen molar-refractivity contribution in [2.45, 2.75) is 32.1 Å². The van der Waals surface area contributed by atoms with Crippen LogP contribution in [-0.2, 0) is 6.42 Å². The van der Waals surface area contributed by atoms with E-state index in [1.807, 2.05) is 17.0 Å². The number of halogens is 1. The molecule has 2 amide bonds. The summed E-state index contributed by atoms with van der Waals surface area (Å²) in [4.78, 5) is 30.4. The van der Waals surface area contributed by atoms with Crippen LogP contribution in [0.1, 0.15) is 52.0 Å². The van der Waals surface area contributed by atoms with Crippen molar-refractivity contribution >= 4 is 23.2 Å². The first-order valence-electron chi connectivity index (χ1n) is 12.9. The molecule has 5 nitrogen and oxygen atoms in total. The van der Waals surface area contributed by atoms with E-state index in [4.69, 9.17) is 0 Å². The second-order valence-corrected chi connectivity index (χ2v) is 9.81. The van der Waals surface area contributed by atoms with E-state index in [2.05, 4.69) is 40.5 Å². The second kappa shape index (κ2) is 10.9. The zero-order chi connectivity index (χ0) is 24.9. The Morgan fingerprint density at radius 1 is 0.861 bits per heavy atom. The fourth-order valence-corrected chi connectivity index (χ4v) is 5.28. The number of carbonyl (C=O) groups excluding carboxylic acids is 2. The van der Waals surface area contributed by atoms with Gasteiger partial charge in [0.25, 0.3) is 11.8 Å². The molecule has 5 rings (SSSR count). The summed E-state index contributed by atoms with van der Waals surface area (Å²) in [5.41, 5.74) is 3.88. The van der Waals surface area contributed by atoms with Crippen LogP contribution in [0.15, 0.2) is 72.8 Å². The number of hydrogen-bond acceptors (Lipinski definition) is 3. The van der Waals surface area contributed by atoms with Crippen LogP contribution in [-0.4, -0.2) is 42.9 Å². The van der Waals surface area contributed by atoms with Crippen LogP contribution < -0.4 is 10.2 Å². The van der Waals surface area contributed by atoms with Crippen molar-refractivity contribution in [1.82, 2.24) is 4.90 Å². The van der Waals surface area contributed by atoms with Gasteiger partial charge in [-0.05, 0) is 86.1 Å². The lowest BCUT2D eigenvalue weighted by Gasteiger charge is -2.35. The van der Waals surface area contributed by atoms with Crippen LogP contribution in [0.3, 0.4) is 0 Å². The minimum absolute atomic E-state index is 0.0202. The third-order valence-electron chi connectivity index (χ3n) is 7.31. The van der Waals surface area contributed by atoms with Gasteiger partial charge in [-0.3, -0.25) is 9.59 Å². The molecule has 1 N–H and O–H groups in total. The number of nitrogens with one attached hydrogen (secondary N) is 1. The molecule has 2 saturated heterocycles. The molecule has 0 atom stereocenters. The van der Waals surface area contributed by atoms with E-state index in [1.165, 1.54) is 29.8 Å². The van der Waals surface area contributed by atoms with Crippen molar-refractivity contribution < 1.29 is 14.0 Å². The van der Waals surface area contributed by atoms with Crippen molar-refractivity contribution in [3.05, 3.63) is 95.3 Å². The maximum absolute atomic E-state index is 13.5. The summed E-state index contributed by atoms with van der Waals surface area (Å²) in [6.07, 6.45) is 5.28. The van der Waals surface area contributed by atoms with Gasteiger partial charge >= 0.3 is 0 Å². The second-order valence-electron chi connectivity index (χ2n) is 9.81. The molecule has 2 aliphatic heterocycles. The molecule has 2 aliphatic rings. The van der Waals surface area contributed by atoms with E-state index in [0.29, 0.717) is 22.7 Å². The number of amides is 2. The molecule has 36 heavy (non-hydrogen) atoms. The smallest absolute Gasteiger partial charge is 0.256 e. The van der Waals surface area contributed by atoms with Gasteiger partial charge in [0.1, 0.15) is 5.82 Å². The molecule has 186 valence electrons. The van der Waals surface area contributed by atoms with Crippen LogP contribution in [0.5, 0.6) is 0 Å². The minimum atomic E-state index is -0.387. The van der Waals surface area contributed by atoms with E-state index in [1.54, 1.807) is 6.07 Å². The number of benzene rings is 3. The Morgan fingerprint density at radius 3 is 2.25 bits per heavy atom. The van der Waals surface area contributed by atoms with E-state index < -0.39 is 0 Å². The van der Waals surface area contributed by atoms with Crippen LogP contribution in [0, 0.1) is 11.7 Å². The number of piperidine rings is 1. The molecule has 0 unspecified atom stereocenters. The van der Waals surface area contributed by atoms with Gasteiger partial charge in [-0.25, -0.2) is 4.39 Å². The molecule has 3 aromatic carbocycles. The molecule has 2 heterocycles. The van der Waals surface area contributed by atoms with Gasteiger partial charge in [0.05, 0.1) is 5.56 Å². The van der Waals surface area contributed by atoms with Crippen LogP contribution in [0.2, 0.25) is 0 Å². The molecule has 0 bridgehead atoms. The maximum atomic E-state index is 13.5. The van der Waals surface area contributed by atoms with Crippen molar-refractivity contribution in [2.24, 2.45) is 5.92 Å². The highest BCUT2D eigenvalue weighted by molar-refractivity contribution is 6.06. The summed E-state index contributed by atoms with van der Waals surface area (Å²) in [5.74, 6) is -0.0616. The predicted molar refractivity (Wildman–Crippen MR) is 141 cm³/mol. The molecule has 0 spiro atoms. The number of likely N-dealkylation sites (tertiary alicyclic amines) is 1. The highest BCUT2D eigenvalue weighted by Gasteiger charge is 2.27. The number of rotatable bonds is 6. The van der Waals surface area contributed by atoms with Crippen molar-refractivity contribution in [3.8, 4) is 0 Å². The van der Waals surface area contributed by atoms with Crippen LogP contribution in [0.25, 0.3) is 0 Å². The molecule has 6 heteroatoms. The van der Waals surface area contributed by atoms with Gasteiger partial charge in [-0.15, -0.1) is 0 Å². The summed E-state index contributed by atoms with van der Waals surface area (Å²) in [6, 6.07) is 21.7. The summed E-state index contributed by atoms with van der Waals surface area (Å²) >= 11 is 0. The third kappa shape index (κ3) is 5.59. The highest BCUT2D eigenvalue weighted by Crippen LogP contribution is 2.31. The van der Waals surface area contributed by atoms with E-state index >= 15 is 0 Å². The predicted octanol–water partition coefficient (Wildman–Crippen LogP) is 5.77. The Bertz CT molecular complexity index is 1200. The Hall–Kier alpha value is -3.67. The Balaban J connectivity index is 1.33. The number of carbonyl (C=O) groups is 2. The lowest BCUT2D eigenvalue weighted by molar-refractivity contribution is 0.0793. The quantitative estimate of drug-likeness (QED) is 0.482. The Morgan fingerprint density at radius 2 is 1.56 bits per heavy atom. The third-order valence-corrected chi connectivity index (χ3v) is 7.31. The highest BCUT2D eigenvalue weighted by atomic mass is 19.1. The Kier molecular flexibility index (Phi) is 7.31. The molecule has 2 fully saturated rings. The zero-order valence-corrected chi connectivity index (χ0v) is 20.5. The standard InChI is InChI=1S/C30H32FN3O2/c31-25-10-8-24(9-11-25)29(35)32-26-12-13-28(27(21-26)30(36)34-16-4-5-17-34)33-18-14-23(15-19-33)20-22-6-2-1-3-7-22/h1-3,6-13,21,23H,4-5,14-20H2,(H,32,35). The molecule has 0 radical (unpaired) electrons. The summed E-state index contributed by atoms with van der Waals surface area (Å²) in [6.45, 7) is 3.34. The van der Waals surface area contributed by atoms with Crippen molar-refractivity contribution in [1.29, 1.82) is 0 Å². The molecular formula is C30H32FN3O2. The zero-order valence-electron chi connectivity index (χ0n) is 20.5. The van der Waals surface area contributed by atoms with E-state index in [0.717, 1.165) is 64.0 Å². The molecule has 0 aromatic heterocycles. The summed E-state index contributed by atoms with van der Waals surface area (Å²) in [7, 11) is 0. The monoisotopic (exact) mass is 485 g/mol. The largest absolute Gasteiger partial charge is 0.371 e.